The van der Waals surface area contributed by atoms with Gasteiger partial charge in [-0.25, -0.2) is 4.79 Å². The van der Waals surface area contributed by atoms with E-state index in [9.17, 15) is 22.8 Å². The second kappa shape index (κ2) is 6.21. The van der Waals surface area contributed by atoms with Crippen LogP contribution in [0.15, 0.2) is 30.3 Å². The van der Waals surface area contributed by atoms with Gasteiger partial charge >= 0.3 is 12.3 Å². The van der Waals surface area contributed by atoms with Gasteiger partial charge in [-0.3, -0.25) is 4.79 Å². The van der Waals surface area contributed by atoms with Crippen molar-refractivity contribution >= 4 is 11.9 Å². The van der Waals surface area contributed by atoms with Gasteiger partial charge in [0.15, 0.2) is 0 Å². The molecule has 0 N–H and O–H groups in total. The smallest absolute Gasteiger partial charge is 0.445 e. The Hall–Kier alpha value is -2.05. The lowest BCUT2D eigenvalue weighted by Gasteiger charge is -2.16. The van der Waals surface area contributed by atoms with Crippen LogP contribution < -0.4 is 0 Å². The Labute approximate surface area is 107 Å². The molecular weight excluding hydrogens is 263 g/mol. The number of likely N-dealkylation sites (N-methyl/N-ethyl adjacent to an activating group) is 1. The Morgan fingerprint density at radius 1 is 1.21 bits per heavy atom. The molecule has 0 saturated carbocycles. The zero-order valence-corrected chi connectivity index (χ0v) is 10.1. The molecule has 0 aliphatic heterocycles. The van der Waals surface area contributed by atoms with Crippen LogP contribution in [0.25, 0.3) is 0 Å². The van der Waals surface area contributed by atoms with E-state index < -0.39 is 24.6 Å². The van der Waals surface area contributed by atoms with Crippen LogP contribution in [0.1, 0.15) is 5.56 Å². The molecule has 0 atom stereocenters. The molecule has 19 heavy (non-hydrogen) atoms. The number of carbonyl (C=O) groups excluding carboxylic acids is 2. The van der Waals surface area contributed by atoms with Gasteiger partial charge in [0.25, 0.3) is 5.78 Å². The van der Waals surface area contributed by atoms with E-state index in [0.29, 0.717) is 10.5 Å². The standard InChI is InChI=1S/C12H12F3NO3/c1-16(7-10(17)12(13,14)15)11(18)19-8-9-5-3-2-4-6-9/h2-6H,7-8H2,1H3. The second-order valence-corrected chi connectivity index (χ2v) is 3.82. The van der Waals surface area contributed by atoms with Crippen molar-refractivity contribution in [1.29, 1.82) is 0 Å². The number of Topliss-reactive ketones (excluding diaryl/α,β-unsaturated/α-hetero) is 1. The van der Waals surface area contributed by atoms with E-state index in [4.69, 9.17) is 4.74 Å². The molecule has 104 valence electrons. The van der Waals surface area contributed by atoms with Crippen LogP contribution in [0, 0.1) is 0 Å². The normalized spacial score (nSPS) is 10.9. The number of hydrogen-bond donors (Lipinski definition) is 0. The van der Waals surface area contributed by atoms with Crippen molar-refractivity contribution in [3.05, 3.63) is 35.9 Å². The molecular formula is C12H12F3NO3. The van der Waals surface area contributed by atoms with Gasteiger partial charge in [0.1, 0.15) is 6.61 Å². The van der Waals surface area contributed by atoms with E-state index in [1.54, 1.807) is 30.3 Å². The topological polar surface area (TPSA) is 46.6 Å². The Morgan fingerprint density at radius 3 is 2.32 bits per heavy atom. The summed E-state index contributed by atoms with van der Waals surface area (Å²) < 4.78 is 40.8. The van der Waals surface area contributed by atoms with Crippen molar-refractivity contribution < 1.29 is 27.5 Å². The molecule has 4 nitrogen and oxygen atoms in total. The highest BCUT2D eigenvalue weighted by Crippen LogP contribution is 2.16. The first-order chi connectivity index (χ1) is 8.80. The van der Waals surface area contributed by atoms with E-state index in [1.165, 1.54) is 0 Å². The summed E-state index contributed by atoms with van der Waals surface area (Å²) in [7, 11) is 1.07. The van der Waals surface area contributed by atoms with Gasteiger partial charge in [-0.15, -0.1) is 0 Å². The Kier molecular flexibility index (Phi) is 4.91. The third-order valence-corrected chi connectivity index (χ3v) is 2.21. The molecule has 0 unspecified atom stereocenters. The molecule has 0 bridgehead atoms. The lowest BCUT2D eigenvalue weighted by atomic mass is 10.2. The fraction of sp³-hybridized carbons (Fsp3) is 0.333. The maximum Gasteiger partial charge on any atom is 0.451 e. The molecule has 0 saturated heterocycles. The molecule has 1 amide bonds. The SMILES string of the molecule is CN(CC(=O)C(F)(F)F)C(=O)OCc1ccccc1. The number of ketones is 1. The van der Waals surface area contributed by atoms with Crippen LogP contribution >= 0.6 is 0 Å². The number of rotatable bonds is 4. The van der Waals surface area contributed by atoms with Gasteiger partial charge < -0.3 is 9.64 Å². The maximum absolute atomic E-state index is 12.0. The lowest BCUT2D eigenvalue weighted by molar-refractivity contribution is -0.171. The van der Waals surface area contributed by atoms with Crippen LogP contribution in [0.2, 0.25) is 0 Å². The molecule has 0 aliphatic rings. The van der Waals surface area contributed by atoms with Crippen LogP contribution in [-0.4, -0.2) is 36.5 Å². The number of alkyl halides is 3. The maximum atomic E-state index is 12.0. The van der Waals surface area contributed by atoms with Gasteiger partial charge in [0.05, 0.1) is 6.54 Å². The number of hydrogen-bond acceptors (Lipinski definition) is 3. The van der Waals surface area contributed by atoms with Gasteiger partial charge in [0.2, 0.25) is 0 Å². The third kappa shape index (κ3) is 4.99. The first kappa shape index (κ1) is 15.0. The van der Waals surface area contributed by atoms with Crippen LogP contribution in [-0.2, 0) is 16.1 Å². The van der Waals surface area contributed by atoms with E-state index in [-0.39, 0.29) is 6.61 Å². The largest absolute Gasteiger partial charge is 0.451 e. The number of halogens is 3. The summed E-state index contributed by atoms with van der Waals surface area (Å²) in [5.41, 5.74) is 0.700. The van der Waals surface area contributed by atoms with E-state index in [1.807, 2.05) is 0 Å². The summed E-state index contributed by atoms with van der Waals surface area (Å²) in [6.07, 6.45) is -5.94. The van der Waals surface area contributed by atoms with Crippen molar-refractivity contribution in [2.75, 3.05) is 13.6 Å². The highest BCUT2D eigenvalue weighted by molar-refractivity contribution is 5.88. The number of ether oxygens (including phenoxy) is 1. The zero-order valence-electron chi connectivity index (χ0n) is 10.1. The quantitative estimate of drug-likeness (QED) is 0.847. The van der Waals surface area contributed by atoms with E-state index >= 15 is 0 Å². The molecule has 0 radical (unpaired) electrons. The fourth-order valence-corrected chi connectivity index (χ4v) is 1.20. The van der Waals surface area contributed by atoms with Gasteiger partial charge in [-0.05, 0) is 5.56 Å². The van der Waals surface area contributed by atoms with Crippen LogP contribution in [0.4, 0.5) is 18.0 Å². The number of amides is 1. The van der Waals surface area contributed by atoms with Gasteiger partial charge in [-0.1, -0.05) is 30.3 Å². The predicted molar refractivity (Wildman–Crippen MR) is 60.3 cm³/mol. The molecule has 0 heterocycles. The first-order valence-electron chi connectivity index (χ1n) is 5.32. The highest BCUT2D eigenvalue weighted by atomic mass is 19.4. The summed E-state index contributed by atoms with van der Waals surface area (Å²) in [5.74, 6) is -1.99. The summed E-state index contributed by atoms with van der Waals surface area (Å²) in [6.45, 7) is -1.12. The minimum Gasteiger partial charge on any atom is -0.445 e. The lowest BCUT2D eigenvalue weighted by Crippen LogP contribution is -2.38. The van der Waals surface area contributed by atoms with E-state index in [0.717, 1.165) is 7.05 Å². The van der Waals surface area contributed by atoms with Gasteiger partial charge in [-0.2, -0.15) is 13.2 Å². The summed E-state index contributed by atoms with van der Waals surface area (Å²) in [5, 5.41) is 0. The molecule has 0 fully saturated rings. The second-order valence-electron chi connectivity index (χ2n) is 3.82. The molecule has 7 heteroatoms. The monoisotopic (exact) mass is 275 g/mol. The van der Waals surface area contributed by atoms with Crippen molar-refractivity contribution in [3.8, 4) is 0 Å². The zero-order chi connectivity index (χ0) is 14.5. The average Bonchev–Trinajstić information content (AvgIpc) is 2.35. The molecule has 0 aromatic heterocycles. The first-order valence-corrected chi connectivity index (χ1v) is 5.32. The minimum atomic E-state index is -4.95. The Morgan fingerprint density at radius 2 is 1.79 bits per heavy atom. The molecule has 1 aromatic carbocycles. The summed E-state index contributed by atoms with van der Waals surface area (Å²) in [6, 6.07) is 8.65. The number of nitrogens with zero attached hydrogens (tertiary/aromatic N) is 1. The summed E-state index contributed by atoms with van der Waals surface area (Å²) >= 11 is 0. The molecule has 1 rings (SSSR count). The predicted octanol–water partition coefficient (Wildman–Crippen LogP) is 2.39. The average molecular weight is 275 g/mol. The van der Waals surface area contributed by atoms with Crippen LogP contribution in [0.5, 0.6) is 0 Å². The number of benzene rings is 1. The van der Waals surface area contributed by atoms with Gasteiger partial charge in [0, 0.05) is 7.05 Å². The Balaban J connectivity index is 2.43. The molecule has 1 aromatic rings. The minimum absolute atomic E-state index is 0.0653. The Bertz CT molecular complexity index is 445. The molecule has 0 spiro atoms. The fourth-order valence-electron chi connectivity index (χ4n) is 1.20. The van der Waals surface area contributed by atoms with Crippen molar-refractivity contribution in [2.45, 2.75) is 12.8 Å². The van der Waals surface area contributed by atoms with Crippen molar-refractivity contribution in [3.63, 3.8) is 0 Å². The number of carbonyl (C=O) groups is 2. The van der Waals surface area contributed by atoms with Crippen molar-refractivity contribution in [2.24, 2.45) is 0 Å². The van der Waals surface area contributed by atoms with Crippen LogP contribution in [0.3, 0.4) is 0 Å². The van der Waals surface area contributed by atoms with Crippen molar-refractivity contribution in [1.82, 2.24) is 4.90 Å². The molecule has 0 aliphatic carbocycles. The summed E-state index contributed by atoms with van der Waals surface area (Å²) in [4.78, 5) is 22.6. The third-order valence-electron chi connectivity index (χ3n) is 2.21. The van der Waals surface area contributed by atoms with E-state index in [2.05, 4.69) is 0 Å². The highest BCUT2D eigenvalue weighted by Gasteiger charge is 2.39.